The summed E-state index contributed by atoms with van der Waals surface area (Å²) in [6, 6.07) is 8.22. The van der Waals surface area contributed by atoms with Gasteiger partial charge < -0.3 is 0 Å². The average molecular weight is 215 g/mol. The monoisotopic (exact) mass is 215 g/mol. The van der Waals surface area contributed by atoms with Gasteiger partial charge in [-0.3, -0.25) is 4.68 Å². The Morgan fingerprint density at radius 3 is 2.88 bits per heavy atom. The average Bonchev–Trinajstić information content (AvgIpc) is 2.78. The molecular formula is C12H10FN3. The molecule has 2 aromatic rings. The Morgan fingerprint density at radius 1 is 1.44 bits per heavy atom. The van der Waals surface area contributed by atoms with Gasteiger partial charge in [-0.25, -0.2) is 4.39 Å². The zero-order valence-electron chi connectivity index (χ0n) is 8.76. The van der Waals surface area contributed by atoms with Gasteiger partial charge in [-0.15, -0.1) is 0 Å². The third kappa shape index (κ3) is 1.80. The number of nitrogens with zero attached hydrogens (tertiary/aromatic N) is 3. The van der Waals surface area contributed by atoms with E-state index >= 15 is 0 Å². The van der Waals surface area contributed by atoms with Crippen LogP contribution in [0, 0.1) is 17.1 Å². The van der Waals surface area contributed by atoms with Crippen LogP contribution in [0.15, 0.2) is 36.7 Å². The SMILES string of the molecule is CC(C#N)n1cc(-c2ccccc2F)cn1. The molecule has 0 saturated carbocycles. The Balaban J connectivity index is 2.40. The van der Waals surface area contributed by atoms with Crippen LogP contribution in [0.4, 0.5) is 4.39 Å². The molecule has 80 valence electrons. The van der Waals surface area contributed by atoms with Gasteiger partial charge in [0.15, 0.2) is 0 Å². The molecule has 16 heavy (non-hydrogen) atoms. The van der Waals surface area contributed by atoms with Crippen LogP contribution in [-0.4, -0.2) is 9.78 Å². The molecule has 4 heteroatoms. The second kappa shape index (κ2) is 4.15. The van der Waals surface area contributed by atoms with Crippen LogP contribution in [0.3, 0.4) is 0 Å². The summed E-state index contributed by atoms with van der Waals surface area (Å²) >= 11 is 0. The van der Waals surface area contributed by atoms with Crippen LogP contribution >= 0.6 is 0 Å². The Labute approximate surface area is 92.7 Å². The van der Waals surface area contributed by atoms with E-state index < -0.39 is 0 Å². The van der Waals surface area contributed by atoms with Crippen molar-refractivity contribution >= 4 is 0 Å². The molecule has 0 amide bonds. The molecule has 1 aromatic carbocycles. The highest BCUT2D eigenvalue weighted by Crippen LogP contribution is 2.22. The first kappa shape index (κ1) is 10.4. The molecule has 0 radical (unpaired) electrons. The van der Waals surface area contributed by atoms with E-state index in [4.69, 9.17) is 5.26 Å². The molecule has 0 bridgehead atoms. The summed E-state index contributed by atoms with van der Waals surface area (Å²) in [4.78, 5) is 0. The molecule has 0 aliphatic heterocycles. The number of aromatic nitrogens is 2. The van der Waals surface area contributed by atoms with Crippen molar-refractivity contribution in [1.29, 1.82) is 5.26 Å². The molecule has 0 saturated heterocycles. The van der Waals surface area contributed by atoms with Gasteiger partial charge in [0, 0.05) is 17.3 Å². The number of benzene rings is 1. The lowest BCUT2D eigenvalue weighted by Crippen LogP contribution is -2.01. The topological polar surface area (TPSA) is 41.6 Å². The summed E-state index contributed by atoms with van der Waals surface area (Å²) in [5, 5.41) is 12.8. The van der Waals surface area contributed by atoms with Gasteiger partial charge in [0.25, 0.3) is 0 Å². The molecule has 0 spiro atoms. The highest BCUT2D eigenvalue weighted by Gasteiger charge is 2.09. The van der Waals surface area contributed by atoms with Crippen molar-refractivity contribution in [3.05, 3.63) is 42.5 Å². The van der Waals surface area contributed by atoms with E-state index in [9.17, 15) is 4.39 Å². The molecule has 3 nitrogen and oxygen atoms in total. The van der Waals surface area contributed by atoms with E-state index in [1.54, 1.807) is 37.5 Å². The van der Waals surface area contributed by atoms with Crippen molar-refractivity contribution in [2.45, 2.75) is 13.0 Å². The normalized spacial score (nSPS) is 12.1. The van der Waals surface area contributed by atoms with Crippen LogP contribution in [0.2, 0.25) is 0 Å². The predicted molar refractivity (Wildman–Crippen MR) is 57.9 cm³/mol. The zero-order valence-corrected chi connectivity index (χ0v) is 8.76. The Kier molecular flexibility index (Phi) is 2.69. The van der Waals surface area contributed by atoms with E-state index in [0.29, 0.717) is 11.1 Å². The van der Waals surface area contributed by atoms with E-state index in [-0.39, 0.29) is 11.9 Å². The Morgan fingerprint density at radius 2 is 2.19 bits per heavy atom. The van der Waals surface area contributed by atoms with Crippen LogP contribution in [0.1, 0.15) is 13.0 Å². The van der Waals surface area contributed by atoms with Crippen molar-refractivity contribution in [2.24, 2.45) is 0 Å². The third-order valence-corrected chi connectivity index (χ3v) is 2.37. The van der Waals surface area contributed by atoms with Crippen molar-refractivity contribution in [2.75, 3.05) is 0 Å². The highest BCUT2D eigenvalue weighted by molar-refractivity contribution is 5.62. The summed E-state index contributed by atoms with van der Waals surface area (Å²) in [7, 11) is 0. The lowest BCUT2D eigenvalue weighted by molar-refractivity contribution is 0.591. The molecule has 1 atom stereocenters. The number of halogens is 1. The molecule has 2 rings (SSSR count). The highest BCUT2D eigenvalue weighted by atomic mass is 19.1. The molecule has 0 N–H and O–H groups in total. The van der Waals surface area contributed by atoms with Gasteiger partial charge in [-0.05, 0) is 13.0 Å². The summed E-state index contributed by atoms with van der Waals surface area (Å²) < 4.78 is 15.0. The number of rotatable bonds is 2. The molecule has 1 heterocycles. The largest absolute Gasteiger partial charge is 0.255 e. The Bertz CT molecular complexity index is 539. The summed E-state index contributed by atoms with van der Waals surface area (Å²) in [5.41, 5.74) is 1.18. The maximum atomic E-state index is 13.5. The van der Waals surface area contributed by atoms with Crippen molar-refractivity contribution < 1.29 is 4.39 Å². The first-order chi connectivity index (χ1) is 7.72. The molecule has 0 aliphatic rings. The van der Waals surface area contributed by atoms with Crippen molar-refractivity contribution in [3.63, 3.8) is 0 Å². The number of hydrogen-bond donors (Lipinski definition) is 0. The lowest BCUT2D eigenvalue weighted by atomic mass is 10.1. The molecule has 0 fully saturated rings. The lowest BCUT2D eigenvalue weighted by Gasteiger charge is -2.01. The summed E-state index contributed by atoms with van der Waals surface area (Å²) in [6.07, 6.45) is 3.23. The van der Waals surface area contributed by atoms with E-state index in [1.807, 2.05) is 0 Å². The Hall–Kier alpha value is -2.15. The first-order valence-corrected chi connectivity index (χ1v) is 4.91. The molecular weight excluding hydrogens is 205 g/mol. The predicted octanol–water partition coefficient (Wildman–Crippen LogP) is 2.77. The van der Waals surface area contributed by atoms with Gasteiger partial charge in [0.1, 0.15) is 11.9 Å². The fourth-order valence-corrected chi connectivity index (χ4v) is 1.44. The molecule has 1 aromatic heterocycles. The first-order valence-electron chi connectivity index (χ1n) is 4.91. The minimum Gasteiger partial charge on any atom is -0.255 e. The summed E-state index contributed by atoms with van der Waals surface area (Å²) in [6.45, 7) is 1.73. The fraction of sp³-hybridized carbons (Fsp3) is 0.167. The van der Waals surface area contributed by atoms with E-state index in [1.165, 1.54) is 10.7 Å². The maximum absolute atomic E-state index is 13.5. The van der Waals surface area contributed by atoms with Gasteiger partial charge in [-0.2, -0.15) is 10.4 Å². The van der Waals surface area contributed by atoms with Crippen LogP contribution in [-0.2, 0) is 0 Å². The third-order valence-electron chi connectivity index (χ3n) is 2.37. The van der Waals surface area contributed by atoms with Crippen LogP contribution in [0.5, 0.6) is 0 Å². The number of hydrogen-bond acceptors (Lipinski definition) is 2. The summed E-state index contributed by atoms with van der Waals surface area (Å²) in [5.74, 6) is -0.285. The molecule has 0 aliphatic carbocycles. The maximum Gasteiger partial charge on any atom is 0.135 e. The second-order valence-electron chi connectivity index (χ2n) is 3.49. The van der Waals surface area contributed by atoms with Crippen molar-refractivity contribution in [1.82, 2.24) is 9.78 Å². The van der Waals surface area contributed by atoms with Gasteiger partial charge in [0.05, 0.1) is 12.3 Å². The van der Waals surface area contributed by atoms with Gasteiger partial charge in [-0.1, -0.05) is 18.2 Å². The van der Waals surface area contributed by atoms with Crippen LogP contribution in [0.25, 0.3) is 11.1 Å². The van der Waals surface area contributed by atoms with Gasteiger partial charge >= 0.3 is 0 Å². The fourth-order valence-electron chi connectivity index (χ4n) is 1.44. The smallest absolute Gasteiger partial charge is 0.135 e. The minimum atomic E-state index is -0.347. The van der Waals surface area contributed by atoms with E-state index in [0.717, 1.165) is 0 Å². The number of nitriles is 1. The second-order valence-corrected chi connectivity index (χ2v) is 3.49. The van der Waals surface area contributed by atoms with E-state index in [2.05, 4.69) is 11.2 Å². The van der Waals surface area contributed by atoms with Crippen LogP contribution < -0.4 is 0 Å². The van der Waals surface area contributed by atoms with Gasteiger partial charge in [0.2, 0.25) is 0 Å². The quantitative estimate of drug-likeness (QED) is 0.772. The molecule has 1 unspecified atom stereocenters. The minimum absolute atomic E-state index is 0.285. The van der Waals surface area contributed by atoms with Crippen molar-refractivity contribution in [3.8, 4) is 17.2 Å². The zero-order chi connectivity index (χ0) is 11.5. The standard InChI is InChI=1S/C12H10FN3/c1-9(6-14)16-8-10(7-15-16)11-4-2-3-5-12(11)13/h2-5,7-9H,1H3.